The number of imidazole rings is 1. The lowest BCUT2D eigenvalue weighted by Gasteiger charge is -2.29. The second-order valence-electron chi connectivity index (χ2n) is 6.90. The molecule has 8 heteroatoms. The van der Waals surface area contributed by atoms with Gasteiger partial charge in [-0.1, -0.05) is 6.92 Å². The lowest BCUT2D eigenvalue weighted by molar-refractivity contribution is 0.581. The molecule has 1 aliphatic carbocycles. The minimum absolute atomic E-state index is 0.104. The molecule has 2 aromatic rings. The number of anilines is 1. The third-order valence-electron chi connectivity index (χ3n) is 4.97. The quantitative estimate of drug-likeness (QED) is 0.804. The Morgan fingerprint density at radius 1 is 1.31 bits per heavy atom. The Labute approximate surface area is 153 Å². The van der Waals surface area contributed by atoms with E-state index < -0.39 is 10.0 Å². The highest BCUT2D eigenvalue weighted by atomic mass is 32.2. The third-order valence-corrected chi connectivity index (χ3v) is 6.65. The number of nitriles is 1. The Morgan fingerprint density at radius 3 is 2.81 bits per heavy atom. The molecule has 136 valence electrons. The minimum atomic E-state index is -3.74. The van der Waals surface area contributed by atoms with E-state index in [0.717, 1.165) is 12.4 Å². The van der Waals surface area contributed by atoms with Crippen LogP contribution >= 0.6 is 0 Å². The Kier molecular flexibility index (Phi) is 4.19. The maximum atomic E-state index is 13.2. The fraction of sp³-hybridized carbons (Fsp3) is 0.500. The number of nitrogens with zero attached hydrogens (tertiary/aromatic N) is 5. The number of sulfonamides is 1. The number of rotatable bonds is 5. The van der Waals surface area contributed by atoms with Crippen molar-refractivity contribution in [3.05, 3.63) is 35.5 Å². The lowest BCUT2D eigenvalue weighted by Crippen LogP contribution is -2.36. The van der Waals surface area contributed by atoms with E-state index in [4.69, 9.17) is 5.26 Å². The highest BCUT2D eigenvalue weighted by molar-refractivity contribution is 7.92. The Hall–Kier alpha value is -2.40. The molecule has 0 bridgehead atoms. The van der Waals surface area contributed by atoms with Crippen LogP contribution in [-0.4, -0.2) is 29.5 Å². The first-order valence-corrected chi connectivity index (χ1v) is 10.5. The molecule has 26 heavy (non-hydrogen) atoms. The van der Waals surface area contributed by atoms with E-state index >= 15 is 0 Å². The van der Waals surface area contributed by atoms with Gasteiger partial charge < -0.3 is 4.57 Å². The number of hydrogen-bond donors (Lipinski definition) is 0. The zero-order valence-electron chi connectivity index (χ0n) is 14.7. The zero-order valence-corrected chi connectivity index (χ0v) is 15.5. The average molecular weight is 371 g/mol. The molecule has 2 aliphatic rings. The van der Waals surface area contributed by atoms with E-state index in [1.54, 1.807) is 18.3 Å². The van der Waals surface area contributed by atoms with Crippen molar-refractivity contribution in [3.8, 4) is 6.07 Å². The molecular formula is C18H21N5O2S. The van der Waals surface area contributed by atoms with Crippen LogP contribution in [-0.2, 0) is 29.4 Å². The average Bonchev–Trinajstić information content (AvgIpc) is 3.37. The van der Waals surface area contributed by atoms with Gasteiger partial charge in [0, 0.05) is 25.7 Å². The molecule has 4 rings (SSSR count). The van der Waals surface area contributed by atoms with Crippen LogP contribution in [0.2, 0.25) is 0 Å². The highest BCUT2D eigenvalue weighted by Crippen LogP contribution is 2.33. The third kappa shape index (κ3) is 2.97. The number of hydrogen-bond acceptors (Lipinski definition) is 5. The van der Waals surface area contributed by atoms with Gasteiger partial charge in [-0.2, -0.15) is 13.7 Å². The van der Waals surface area contributed by atoms with Crippen molar-refractivity contribution in [2.75, 3.05) is 10.8 Å². The molecule has 1 saturated carbocycles. The highest BCUT2D eigenvalue weighted by Gasteiger charge is 2.33. The van der Waals surface area contributed by atoms with E-state index in [2.05, 4.69) is 9.97 Å². The molecule has 0 saturated heterocycles. The van der Waals surface area contributed by atoms with Crippen molar-refractivity contribution in [3.63, 3.8) is 0 Å². The van der Waals surface area contributed by atoms with Crippen molar-refractivity contribution < 1.29 is 8.42 Å². The van der Waals surface area contributed by atoms with Gasteiger partial charge in [0.25, 0.3) is 10.0 Å². The molecule has 3 heterocycles. The van der Waals surface area contributed by atoms with Gasteiger partial charge in [0.05, 0.1) is 11.4 Å². The number of aromatic nitrogens is 3. The van der Waals surface area contributed by atoms with Crippen LogP contribution in [0.5, 0.6) is 0 Å². The molecule has 0 spiro atoms. The predicted molar refractivity (Wildman–Crippen MR) is 96.1 cm³/mol. The Balaban J connectivity index is 1.72. The number of aryl methyl sites for hydroxylation is 2. The standard InChI is InChI=1S/C18H21N5O2S/c1-2-17-21-18(12-22(17)11-13-5-6-13)26(24,25)23-9-3-4-15-16(23)8-7-14(10-19)20-15/h7-8,12-13H,2-6,9,11H2,1H3. The van der Waals surface area contributed by atoms with Crippen LogP contribution in [0.15, 0.2) is 23.4 Å². The summed E-state index contributed by atoms with van der Waals surface area (Å²) >= 11 is 0. The zero-order chi connectivity index (χ0) is 18.3. The second kappa shape index (κ2) is 6.40. The first kappa shape index (κ1) is 17.0. The Morgan fingerprint density at radius 2 is 2.12 bits per heavy atom. The van der Waals surface area contributed by atoms with Crippen LogP contribution < -0.4 is 4.31 Å². The summed E-state index contributed by atoms with van der Waals surface area (Å²) < 4.78 is 29.9. The first-order chi connectivity index (χ1) is 12.5. The van der Waals surface area contributed by atoms with E-state index in [-0.39, 0.29) is 5.03 Å². The summed E-state index contributed by atoms with van der Waals surface area (Å²) in [6, 6.07) is 5.26. The van der Waals surface area contributed by atoms with Crippen molar-refractivity contribution >= 4 is 15.7 Å². The van der Waals surface area contributed by atoms with Gasteiger partial charge >= 0.3 is 0 Å². The van der Waals surface area contributed by atoms with Gasteiger partial charge in [0.15, 0.2) is 5.03 Å². The smallest absolute Gasteiger partial charge is 0.283 e. The van der Waals surface area contributed by atoms with Gasteiger partial charge in [-0.15, -0.1) is 0 Å². The first-order valence-electron chi connectivity index (χ1n) is 9.01. The fourth-order valence-corrected chi connectivity index (χ4v) is 4.91. The summed E-state index contributed by atoms with van der Waals surface area (Å²) in [5, 5.41) is 9.13. The Bertz CT molecular complexity index is 985. The van der Waals surface area contributed by atoms with E-state index in [9.17, 15) is 8.42 Å². The molecule has 2 aromatic heterocycles. The molecule has 0 N–H and O–H groups in total. The summed E-state index contributed by atoms with van der Waals surface area (Å²) in [6.07, 6.45) is 6.14. The fourth-order valence-electron chi connectivity index (χ4n) is 3.41. The van der Waals surface area contributed by atoms with E-state index in [1.807, 2.05) is 17.6 Å². The maximum Gasteiger partial charge on any atom is 0.283 e. The SMILES string of the molecule is CCc1nc(S(=O)(=O)N2CCCc3nc(C#N)ccc32)cn1CC1CC1. The normalized spacial score (nSPS) is 17.0. The molecule has 0 aromatic carbocycles. The summed E-state index contributed by atoms with van der Waals surface area (Å²) in [4.78, 5) is 8.71. The summed E-state index contributed by atoms with van der Waals surface area (Å²) in [6.45, 7) is 3.24. The van der Waals surface area contributed by atoms with Crippen LogP contribution in [0.4, 0.5) is 5.69 Å². The monoisotopic (exact) mass is 371 g/mol. The van der Waals surface area contributed by atoms with Crippen molar-refractivity contribution in [2.45, 2.75) is 50.6 Å². The second-order valence-corrected chi connectivity index (χ2v) is 8.71. The molecule has 7 nitrogen and oxygen atoms in total. The topological polar surface area (TPSA) is 91.9 Å². The van der Waals surface area contributed by atoms with Gasteiger partial charge in [0.1, 0.15) is 17.6 Å². The van der Waals surface area contributed by atoms with Crippen molar-refractivity contribution in [1.82, 2.24) is 14.5 Å². The van der Waals surface area contributed by atoms with Gasteiger partial charge in [-0.05, 0) is 43.7 Å². The van der Waals surface area contributed by atoms with E-state index in [0.29, 0.717) is 48.8 Å². The van der Waals surface area contributed by atoms with Crippen LogP contribution in [0.3, 0.4) is 0 Å². The van der Waals surface area contributed by atoms with E-state index in [1.165, 1.54) is 17.1 Å². The molecule has 1 aliphatic heterocycles. The maximum absolute atomic E-state index is 13.2. The molecule has 0 atom stereocenters. The van der Waals surface area contributed by atoms with Crippen LogP contribution in [0.25, 0.3) is 0 Å². The number of pyridine rings is 1. The molecule has 0 amide bonds. The minimum Gasteiger partial charge on any atom is -0.333 e. The molecule has 0 radical (unpaired) electrons. The largest absolute Gasteiger partial charge is 0.333 e. The molecular weight excluding hydrogens is 350 g/mol. The molecule has 0 unspecified atom stereocenters. The van der Waals surface area contributed by atoms with Gasteiger partial charge in [-0.25, -0.2) is 9.97 Å². The van der Waals surface area contributed by atoms with Crippen LogP contribution in [0.1, 0.15) is 43.4 Å². The summed E-state index contributed by atoms with van der Waals surface area (Å²) in [5.74, 6) is 1.46. The van der Waals surface area contributed by atoms with Gasteiger partial charge in [0.2, 0.25) is 0 Å². The van der Waals surface area contributed by atoms with Gasteiger partial charge in [-0.3, -0.25) is 4.31 Å². The lowest BCUT2D eigenvalue weighted by atomic mass is 10.1. The summed E-state index contributed by atoms with van der Waals surface area (Å²) in [7, 11) is -3.74. The summed E-state index contributed by atoms with van der Waals surface area (Å²) in [5.41, 5.74) is 1.53. The number of fused-ring (bicyclic) bond motifs is 1. The van der Waals surface area contributed by atoms with Crippen LogP contribution in [0, 0.1) is 17.2 Å². The van der Waals surface area contributed by atoms with Crippen molar-refractivity contribution in [1.29, 1.82) is 5.26 Å². The van der Waals surface area contributed by atoms with Crippen molar-refractivity contribution in [2.24, 2.45) is 5.92 Å². The molecule has 1 fully saturated rings. The predicted octanol–water partition coefficient (Wildman–Crippen LogP) is 2.26.